The molecule has 0 spiro atoms. The van der Waals surface area contributed by atoms with Gasteiger partial charge in [0.1, 0.15) is 18.1 Å². The minimum absolute atomic E-state index is 0.0732. The van der Waals surface area contributed by atoms with Gasteiger partial charge in [-0.3, -0.25) is 9.78 Å². The molecule has 1 atom stereocenters. The van der Waals surface area contributed by atoms with Crippen LogP contribution in [0, 0.1) is 0 Å². The molecule has 1 unspecified atom stereocenters. The lowest BCUT2D eigenvalue weighted by atomic mass is 10.1. The zero-order valence-corrected chi connectivity index (χ0v) is 16.2. The molecule has 1 aliphatic rings. The van der Waals surface area contributed by atoms with Gasteiger partial charge in [0.25, 0.3) is 5.91 Å². The summed E-state index contributed by atoms with van der Waals surface area (Å²) < 4.78 is 16.8. The first-order chi connectivity index (χ1) is 14.3. The molecule has 3 aromatic rings. The van der Waals surface area contributed by atoms with E-state index in [1.165, 1.54) is 0 Å². The van der Waals surface area contributed by atoms with Gasteiger partial charge in [0.2, 0.25) is 0 Å². The summed E-state index contributed by atoms with van der Waals surface area (Å²) in [4.78, 5) is 19.0. The van der Waals surface area contributed by atoms with Crippen LogP contribution in [0.2, 0.25) is 0 Å². The van der Waals surface area contributed by atoms with Crippen LogP contribution in [0.1, 0.15) is 34.5 Å². The highest BCUT2D eigenvalue weighted by atomic mass is 16.5. The number of benzene rings is 1. The minimum Gasteiger partial charge on any atom is -0.491 e. The Morgan fingerprint density at radius 3 is 2.72 bits per heavy atom. The molecule has 2 aromatic heterocycles. The number of amides is 1. The quantitative estimate of drug-likeness (QED) is 0.578. The second-order valence-corrected chi connectivity index (χ2v) is 7.07. The zero-order chi connectivity index (χ0) is 19.9. The summed E-state index contributed by atoms with van der Waals surface area (Å²) in [5.74, 6) is 1.40. The normalized spacial score (nSPS) is 15.9. The summed E-state index contributed by atoms with van der Waals surface area (Å²) in [6.07, 6.45) is 7.39. The molecule has 0 aliphatic carbocycles. The largest absolute Gasteiger partial charge is 0.491 e. The third-order valence-corrected chi connectivity index (χ3v) is 4.87. The standard InChI is InChI=1S/C23H24N2O4/c26-23(19-7-9-20(10-8-19)29-17-22-6-3-13-28-22)25(16-21-5-2-12-27-21)15-18-4-1-11-24-14-18/h1-2,4-5,7-12,14,22H,3,6,13,15-17H2. The van der Waals surface area contributed by atoms with Crippen molar-refractivity contribution < 1.29 is 18.7 Å². The molecule has 0 bridgehead atoms. The average molecular weight is 392 g/mol. The molecule has 1 aliphatic heterocycles. The summed E-state index contributed by atoms with van der Waals surface area (Å²) in [5, 5.41) is 0. The van der Waals surface area contributed by atoms with E-state index < -0.39 is 0 Å². The number of carbonyl (C=O) groups excluding carboxylic acids is 1. The second kappa shape index (κ2) is 9.39. The Morgan fingerprint density at radius 1 is 1.14 bits per heavy atom. The lowest BCUT2D eigenvalue weighted by molar-refractivity contribution is 0.0677. The fourth-order valence-corrected chi connectivity index (χ4v) is 3.34. The van der Waals surface area contributed by atoms with Crippen LogP contribution in [-0.2, 0) is 17.8 Å². The Morgan fingerprint density at radius 2 is 2.03 bits per heavy atom. The first-order valence-electron chi connectivity index (χ1n) is 9.83. The maximum absolute atomic E-state index is 13.2. The predicted octanol–water partition coefficient (Wildman–Crippen LogP) is 4.08. The maximum Gasteiger partial charge on any atom is 0.254 e. The van der Waals surface area contributed by atoms with Gasteiger partial charge in [-0.2, -0.15) is 0 Å². The number of furan rings is 1. The Hall–Kier alpha value is -3.12. The van der Waals surface area contributed by atoms with Crippen molar-refractivity contribution in [2.75, 3.05) is 13.2 Å². The molecule has 1 amide bonds. The molecular formula is C23H24N2O4. The van der Waals surface area contributed by atoms with E-state index in [9.17, 15) is 4.79 Å². The van der Waals surface area contributed by atoms with Gasteiger partial charge >= 0.3 is 0 Å². The van der Waals surface area contributed by atoms with E-state index in [-0.39, 0.29) is 12.0 Å². The van der Waals surface area contributed by atoms with Crippen LogP contribution in [0.5, 0.6) is 5.75 Å². The fraction of sp³-hybridized carbons (Fsp3) is 0.304. The van der Waals surface area contributed by atoms with Crippen molar-refractivity contribution in [3.8, 4) is 5.75 Å². The predicted molar refractivity (Wildman–Crippen MR) is 107 cm³/mol. The van der Waals surface area contributed by atoms with Gasteiger partial charge < -0.3 is 18.8 Å². The molecule has 6 nitrogen and oxygen atoms in total. The molecule has 0 radical (unpaired) electrons. The first-order valence-corrected chi connectivity index (χ1v) is 9.83. The average Bonchev–Trinajstić information content (AvgIpc) is 3.47. The van der Waals surface area contributed by atoms with E-state index in [4.69, 9.17) is 13.9 Å². The van der Waals surface area contributed by atoms with Gasteiger partial charge in [0, 0.05) is 31.1 Å². The minimum atomic E-state index is -0.0732. The molecule has 0 N–H and O–H groups in total. The number of nitrogens with zero attached hydrogens (tertiary/aromatic N) is 2. The third-order valence-electron chi connectivity index (χ3n) is 4.87. The van der Waals surface area contributed by atoms with Gasteiger partial charge in [-0.05, 0) is 60.9 Å². The van der Waals surface area contributed by atoms with E-state index >= 15 is 0 Å². The second-order valence-electron chi connectivity index (χ2n) is 7.07. The van der Waals surface area contributed by atoms with Crippen molar-refractivity contribution in [3.05, 3.63) is 84.1 Å². The van der Waals surface area contributed by atoms with E-state index in [2.05, 4.69) is 4.98 Å². The Bertz CT molecular complexity index is 888. The Balaban J connectivity index is 1.44. The Kier molecular flexibility index (Phi) is 6.22. The monoisotopic (exact) mass is 392 g/mol. The number of pyridine rings is 1. The molecule has 0 saturated carbocycles. The van der Waals surface area contributed by atoms with Crippen LogP contribution < -0.4 is 4.74 Å². The SMILES string of the molecule is O=C(c1ccc(OCC2CCCO2)cc1)N(Cc1cccnc1)Cc1ccco1. The van der Waals surface area contributed by atoms with Crippen molar-refractivity contribution in [3.63, 3.8) is 0 Å². The zero-order valence-electron chi connectivity index (χ0n) is 16.2. The number of aromatic nitrogens is 1. The van der Waals surface area contributed by atoms with Crippen molar-refractivity contribution in [1.82, 2.24) is 9.88 Å². The highest BCUT2D eigenvalue weighted by Gasteiger charge is 2.19. The molecule has 6 heteroatoms. The number of carbonyl (C=O) groups is 1. The highest BCUT2D eigenvalue weighted by molar-refractivity contribution is 5.94. The van der Waals surface area contributed by atoms with Crippen LogP contribution in [0.15, 0.2) is 71.6 Å². The van der Waals surface area contributed by atoms with Crippen LogP contribution in [0.25, 0.3) is 0 Å². The van der Waals surface area contributed by atoms with E-state index in [0.29, 0.717) is 25.3 Å². The molecule has 29 heavy (non-hydrogen) atoms. The van der Waals surface area contributed by atoms with E-state index in [1.54, 1.807) is 35.7 Å². The summed E-state index contributed by atoms with van der Waals surface area (Å²) in [6.45, 7) is 2.19. The molecular weight excluding hydrogens is 368 g/mol. The number of rotatable bonds is 8. The van der Waals surface area contributed by atoms with Crippen LogP contribution in [0.3, 0.4) is 0 Å². The molecule has 1 fully saturated rings. The first kappa shape index (κ1) is 19.2. The number of ether oxygens (including phenoxy) is 2. The van der Waals surface area contributed by atoms with Gasteiger partial charge in [-0.25, -0.2) is 0 Å². The smallest absolute Gasteiger partial charge is 0.254 e. The molecule has 1 aromatic carbocycles. The lowest BCUT2D eigenvalue weighted by Gasteiger charge is -2.22. The van der Waals surface area contributed by atoms with Crippen LogP contribution in [-0.4, -0.2) is 35.1 Å². The summed E-state index contributed by atoms with van der Waals surface area (Å²) in [5.41, 5.74) is 1.56. The van der Waals surface area contributed by atoms with Gasteiger partial charge in [0.05, 0.1) is 18.9 Å². The maximum atomic E-state index is 13.2. The van der Waals surface area contributed by atoms with E-state index in [1.807, 2.05) is 36.4 Å². The van der Waals surface area contributed by atoms with Gasteiger partial charge in [-0.15, -0.1) is 0 Å². The molecule has 1 saturated heterocycles. The van der Waals surface area contributed by atoms with Gasteiger partial charge in [0.15, 0.2) is 0 Å². The van der Waals surface area contributed by atoms with Crippen molar-refractivity contribution in [1.29, 1.82) is 0 Å². The Labute approximate surface area is 170 Å². The third kappa shape index (κ3) is 5.23. The summed E-state index contributed by atoms with van der Waals surface area (Å²) in [7, 11) is 0. The number of hydrogen-bond donors (Lipinski definition) is 0. The van der Waals surface area contributed by atoms with E-state index in [0.717, 1.165) is 36.5 Å². The van der Waals surface area contributed by atoms with Gasteiger partial charge in [-0.1, -0.05) is 6.07 Å². The number of hydrogen-bond acceptors (Lipinski definition) is 5. The van der Waals surface area contributed by atoms with Crippen LogP contribution in [0.4, 0.5) is 0 Å². The molecule has 150 valence electrons. The van der Waals surface area contributed by atoms with Crippen molar-refractivity contribution in [2.45, 2.75) is 32.0 Å². The topological polar surface area (TPSA) is 64.8 Å². The van der Waals surface area contributed by atoms with Crippen molar-refractivity contribution >= 4 is 5.91 Å². The molecule has 4 rings (SSSR count). The highest BCUT2D eigenvalue weighted by Crippen LogP contribution is 2.19. The van der Waals surface area contributed by atoms with Crippen molar-refractivity contribution in [2.24, 2.45) is 0 Å². The molecule has 3 heterocycles. The summed E-state index contributed by atoms with van der Waals surface area (Å²) in [6, 6.07) is 14.8. The lowest BCUT2D eigenvalue weighted by Crippen LogP contribution is -2.30. The fourth-order valence-electron chi connectivity index (χ4n) is 3.34. The summed E-state index contributed by atoms with van der Waals surface area (Å²) >= 11 is 0. The van der Waals surface area contributed by atoms with Crippen LogP contribution >= 0.6 is 0 Å².